The maximum absolute atomic E-state index is 12.9. The van der Waals surface area contributed by atoms with Gasteiger partial charge in [-0.3, -0.25) is 4.79 Å². The molecule has 0 radical (unpaired) electrons. The molecule has 0 N–H and O–H groups in total. The molecule has 1 aromatic heterocycles. The second kappa shape index (κ2) is 8.74. The SMILES string of the molecule is CCOc1cccc(-c2cccc(C(=O)N(C)Cc3cc(C(C)C)no3)c2)c1. The van der Waals surface area contributed by atoms with Crippen molar-refractivity contribution in [3.05, 3.63) is 71.6 Å². The van der Waals surface area contributed by atoms with E-state index in [1.807, 2.05) is 61.5 Å². The van der Waals surface area contributed by atoms with Crippen molar-refractivity contribution in [3.63, 3.8) is 0 Å². The number of benzene rings is 2. The van der Waals surface area contributed by atoms with Crippen molar-refractivity contribution >= 4 is 5.91 Å². The van der Waals surface area contributed by atoms with E-state index in [9.17, 15) is 4.79 Å². The van der Waals surface area contributed by atoms with Gasteiger partial charge >= 0.3 is 0 Å². The van der Waals surface area contributed by atoms with Crippen LogP contribution in [0.1, 0.15) is 48.5 Å². The number of rotatable bonds is 7. The van der Waals surface area contributed by atoms with Crippen LogP contribution in [0.3, 0.4) is 0 Å². The first-order valence-corrected chi connectivity index (χ1v) is 9.52. The Morgan fingerprint density at radius 1 is 1.11 bits per heavy atom. The number of hydrogen-bond acceptors (Lipinski definition) is 4. The van der Waals surface area contributed by atoms with Crippen molar-refractivity contribution in [1.29, 1.82) is 0 Å². The highest BCUT2D eigenvalue weighted by Gasteiger charge is 2.16. The molecule has 0 unspecified atom stereocenters. The Morgan fingerprint density at radius 2 is 1.82 bits per heavy atom. The summed E-state index contributed by atoms with van der Waals surface area (Å²) in [4.78, 5) is 14.5. The molecule has 2 aromatic carbocycles. The largest absolute Gasteiger partial charge is 0.494 e. The van der Waals surface area contributed by atoms with Gasteiger partial charge in [0.1, 0.15) is 5.75 Å². The van der Waals surface area contributed by atoms with Gasteiger partial charge in [0.25, 0.3) is 5.91 Å². The molecule has 0 spiro atoms. The number of carbonyl (C=O) groups excluding carboxylic acids is 1. The van der Waals surface area contributed by atoms with E-state index in [4.69, 9.17) is 9.26 Å². The maximum atomic E-state index is 12.9. The average molecular weight is 378 g/mol. The molecule has 3 aromatic rings. The van der Waals surface area contributed by atoms with Crippen molar-refractivity contribution in [2.75, 3.05) is 13.7 Å². The van der Waals surface area contributed by atoms with Crippen molar-refractivity contribution in [3.8, 4) is 16.9 Å². The lowest BCUT2D eigenvalue weighted by molar-refractivity contribution is 0.0772. The number of ether oxygens (including phenoxy) is 1. The first-order valence-electron chi connectivity index (χ1n) is 9.52. The monoisotopic (exact) mass is 378 g/mol. The molecule has 0 aliphatic rings. The summed E-state index contributed by atoms with van der Waals surface area (Å²) in [6, 6.07) is 17.4. The summed E-state index contributed by atoms with van der Waals surface area (Å²) in [7, 11) is 1.77. The smallest absolute Gasteiger partial charge is 0.254 e. The minimum absolute atomic E-state index is 0.0645. The first-order chi connectivity index (χ1) is 13.5. The van der Waals surface area contributed by atoms with Crippen LogP contribution in [-0.4, -0.2) is 29.6 Å². The van der Waals surface area contributed by atoms with Gasteiger partial charge in [-0.15, -0.1) is 0 Å². The lowest BCUT2D eigenvalue weighted by Crippen LogP contribution is -2.26. The van der Waals surface area contributed by atoms with Crippen LogP contribution in [0.15, 0.2) is 59.1 Å². The van der Waals surface area contributed by atoms with Gasteiger partial charge in [0.15, 0.2) is 5.76 Å². The Morgan fingerprint density at radius 3 is 2.50 bits per heavy atom. The zero-order valence-electron chi connectivity index (χ0n) is 16.8. The topological polar surface area (TPSA) is 55.6 Å². The Bertz CT molecular complexity index is 946. The minimum atomic E-state index is -0.0645. The summed E-state index contributed by atoms with van der Waals surface area (Å²) in [6.45, 7) is 7.07. The Labute approximate surface area is 165 Å². The molecule has 0 bridgehead atoms. The summed E-state index contributed by atoms with van der Waals surface area (Å²) in [6.07, 6.45) is 0. The van der Waals surface area contributed by atoms with E-state index in [1.54, 1.807) is 11.9 Å². The van der Waals surface area contributed by atoms with Crippen LogP contribution in [0.5, 0.6) is 5.75 Å². The van der Waals surface area contributed by atoms with Crippen LogP contribution in [0.25, 0.3) is 11.1 Å². The summed E-state index contributed by atoms with van der Waals surface area (Å²) in [5.74, 6) is 1.73. The van der Waals surface area contributed by atoms with E-state index >= 15 is 0 Å². The van der Waals surface area contributed by atoms with E-state index < -0.39 is 0 Å². The van der Waals surface area contributed by atoms with Crippen molar-refractivity contribution < 1.29 is 14.1 Å². The van der Waals surface area contributed by atoms with Crippen LogP contribution in [-0.2, 0) is 6.54 Å². The lowest BCUT2D eigenvalue weighted by atomic mass is 10.0. The molecule has 3 rings (SSSR count). The fraction of sp³-hybridized carbons (Fsp3) is 0.304. The molecule has 5 nitrogen and oxygen atoms in total. The van der Waals surface area contributed by atoms with Crippen LogP contribution < -0.4 is 4.74 Å². The van der Waals surface area contributed by atoms with E-state index in [-0.39, 0.29) is 5.91 Å². The zero-order chi connectivity index (χ0) is 20.1. The van der Waals surface area contributed by atoms with Crippen molar-refractivity contribution in [2.24, 2.45) is 0 Å². The summed E-state index contributed by atoms with van der Waals surface area (Å²) >= 11 is 0. The van der Waals surface area contributed by atoms with Gasteiger partial charge in [-0.1, -0.05) is 43.3 Å². The fourth-order valence-electron chi connectivity index (χ4n) is 2.97. The Hall–Kier alpha value is -3.08. The molecule has 0 fully saturated rings. The number of hydrogen-bond donors (Lipinski definition) is 0. The van der Waals surface area contributed by atoms with Crippen LogP contribution in [0, 0.1) is 0 Å². The molecular weight excluding hydrogens is 352 g/mol. The Balaban J connectivity index is 1.76. The number of nitrogens with zero attached hydrogens (tertiary/aromatic N) is 2. The standard InChI is InChI=1S/C23H26N2O3/c1-5-27-20-11-7-9-18(13-20)17-8-6-10-19(12-17)23(26)25(4)15-21-14-22(16(2)3)24-28-21/h6-14,16H,5,15H2,1-4H3. The third-order valence-electron chi connectivity index (χ3n) is 4.50. The molecule has 1 heterocycles. The highest BCUT2D eigenvalue weighted by molar-refractivity contribution is 5.95. The maximum Gasteiger partial charge on any atom is 0.254 e. The number of aromatic nitrogens is 1. The quantitative estimate of drug-likeness (QED) is 0.571. The third kappa shape index (κ3) is 4.60. The number of amides is 1. The first kappa shape index (κ1) is 19.7. The second-order valence-electron chi connectivity index (χ2n) is 7.08. The van der Waals surface area contributed by atoms with E-state index in [1.165, 1.54) is 0 Å². The van der Waals surface area contributed by atoms with Crippen LogP contribution >= 0.6 is 0 Å². The van der Waals surface area contributed by atoms with Gasteiger partial charge in [-0.2, -0.15) is 0 Å². The van der Waals surface area contributed by atoms with Gasteiger partial charge in [-0.25, -0.2) is 0 Å². The van der Waals surface area contributed by atoms with Crippen molar-refractivity contribution in [1.82, 2.24) is 10.1 Å². The Kier molecular flexibility index (Phi) is 6.14. The molecule has 0 atom stereocenters. The van der Waals surface area contributed by atoms with Crippen molar-refractivity contribution in [2.45, 2.75) is 33.2 Å². The predicted molar refractivity (Wildman–Crippen MR) is 109 cm³/mol. The van der Waals surface area contributed by atoms with E-state index in [0.29, 0.717) is 30.4 Å². The third-order valence-corrected chi connectivity index (χ3v) is 4.50. The zero-order valence-corrected chi connectivity index (χ0v) is 16.8. The fourth-order valence-corrected chi connectivity index (χ4v) is 2.97. The predicted octanol–water partition coefficient (Wildman–Crippen LogP) is 5.14. The molecule has 146 valence electrons. The molecule has 0 aliphatic carbocycles. The highest BCUT2D eigenvalue weighted by atomic mass is 16.5. The van der Waals surface area contributed by atoms with Crippen LogP contribution in [0.2, 0.25) is 0 Å². The van der Waals surface area contributed by atoms with Gasteiger partial charge in [0, 0.05) is 18.7 Å². The second-order valence-corrected chi connectivity index (χ2v) is 7.08. The molecule has 28 heavy (non-hydrogen) atoms. The van der Waals surface area contributed by atoms with E-state index in [2.05, 4.69) is 19.0 Å². The molecule has 0 saturated carbocycles. The van der Waals surface area contributed by atoms with Gasteiger partial charge in [-0.05, 0) is 48.2 Å². The molecular formula is C23H26N2O3. The summed E-state index contributed by atoms with van der Waals surface area (Å²) < 4.78 is 10.9. The van der Waals surface area contributed by atoms with E-state index in [0.717, 1.165) is 22.6 Å². The molecule has 0 saturated heterocycles. The minimum Gasteiger partial charge on any atom is -0.494 e. The van der Waals surface area contributed by atoms with Crippen LogP contribution in [0.4, 0.5) is 0 Å². The highest BCUT2D eigenvalue weighted by Crippen LogP contribution is 2.25. The normalized spacial score (nSPS) is 10.9. The lowest BCUT2D eigenvalue weighted by Gasteiger charge is -2.16. The summed E-state index contributed by atoms with van der Waals surface area (Å²) in [5, 5.41) is 4.05. The van der Waals surface area contributed by atoms with Gasteiger partial charge < -0.3 is 14.2 Å². The molecule has 1 amide bonds. The van der Waals surface area contributed by atoms with Gasteiger partial charge in [0.05, 0.1) is 18.8 Å². The molecule has 0 aliphatic heterocycles. The average Bonchev–Trinajstić information content (AvgIpc) is 3.17. The number of carbonyl (C=O) groups is 1. The summed E-state index contributed by atoms with van der Waals surface area (Å²) in [5.41, 5.74) is 3.51. The molecule has 5 heteroatoms. The van der Waals surface area contributed by atoms with Gasteiger partial charge in [0.2, 0.25) is 0 Å².